The summed E-state index contributed by atoms with van der Waals surface area (Å²) in [7, 11) is 0. The van der Waals surface area contributed by atoms with Gasteiger partial charge in [-0.05, 0) is 58.8 Å². The minimum absolute atomic E-state index is 0.408. The zero-order valence-electron chi connectivity index (χ0n) is 11.7. The van der Waals surface area contributed by atoms with Crippen LogP contribution in [-0.2, 0) is 4.74 Å². The molecule has 17 heavy (non-hydrogen) atoms. The lowest BCUT2D eigenvalue weighted by Gasteiger charge is -2.26. The van der Waals surface area contributed by atoms with Crippen LogP contribution >= 0.6 is 0 Å². The van der Waals surface area contributed by atoms with Crippen molar-refractivity contribution in [1.29, 1.82) is 0 Å². The highest BCUT2D eigenvalue weighted by Crippen LogP contribution is 2.08. The van der Waals surface area contributed by atoms with Crippen LogP contribution in [0.4, 0.5) is 0 Å². The first-order valence-electron chi connectivity index (χ1n) is 7.37. The Kier molecular flexibility index (Phi) is 8.67. The summed E-state index contributed by atoms with van der Waals surface area (Å²) >= 11 is 0. The van der Waals surface area contributed by atoms with Gasteiger partial charge in [-0.3, -0.25) is 0 Å². The smallest absolute Gasteiger partial charge is 0.0594 e. The van der Waals surface area contributed by atoms with E-state index in [2.05, 4.69) is 24.1 Å². The van der Waals surface area contributed by atoms with E-state index in [9.17, 15) is 0 Å². The minimum Gasteiger partial charge on any atom is -0.377 e. The van der Waals surface area contributed by atoms with E-state index in [0.29, 0.717) is 6.10 Å². The molecular formula is C14H30N2O. The molecule has 1 saturated heterocycles. The number of ether oxygens (including phenoxy) is 1. The van der Waals surface area contributed by atoms with E-state index in [-0.39, 0.29) is 0 Å². The van der Waals surface area contributed by atoms with Gasteiger partial charge in [-0.25, -0.2) is 0 Å². The third-order valence-corrected chi connectivity index (χ3v) is 3.53. The first kappa shape index (κ1) is 14.9. The van der Waals surface area contributed by atoms with E-state index in [1.165, 1.54) is 45.3 Å². The summed E-state index contributed by atoms with van der Waals surface area (Å²) in [4.78, 5) is 2.60. The number of hydrogen-bond donors (Lipinski definition) is 1. The van der Waals surface area contributed by atoms with Gasteiger partial charge in [-0.2, -0.15) is 0 Å². The molecule has 1 N–H and O–H groups in total. The number of hydrogen-bond acceptors (Lipinski definition) is 3. The fourth-order valence-corrected chi connectivity index (χ4v) is 2.19. The lowest BCUT2D eigenvalue weighted by atomic mass is 10.1. The molecule has 0 radical (unpaired) electrons. The Bertz CT molecular complexity index is 170. The number of likely N-dealkylation sites (tertiary alicyclic amines) is 1. The van der Waals surface area contributed by atoms with Gasteiger partial charge in [0.2, 0.25) is 0 Å². The second-order valence-electron chi connectivity index (χ2n) is 5.10. The minimum atomic E-state index is 0.408. The van der Waals surface area contributed by atoms with E-state index in [1.54, 1.807) is 0 Å². The van der Waals surface area contributed by atoms with Crippen LogP contribution in [0.1, 0.15) is 46.0 Å². The molecular weight excluding hydrogens is 212 g/mol. The highest BCUT2D eigenvalue weighted by Gasteiger charge is 2.08. The van der Waals surface area contributed by atoms with E-state index >= 15 is 0 Å². The van der Waals surface area contributed by atoms with Gasteiger partial charge >= 0.3 is 0 Å². The second kappa shape index (κ2) is 9.86. The highest BCUT2D eigenvalue weighted by molar-refractivity contribution is 4.64. The van der Waals surface area contributed by atoms with Gasteiger partial charge in [-0.1, -0.05) is 13.3 Å². The lowest BCUT2D eigenvalue weighted by molar-refractivity contribution is 0.0655. The summed E-state index contributed by atoms with van der Waals surface area (Å²) in [6.45, 7) is 11.2. The van der Waals surface area contributed by atoms with E-state index in [4.69, 9.17) is 4.74 Å². The standard InChI is InChI=1S/C14H30N2O/c1-3-14(2)17-13-9-15-8-7-12-16-10-5-4-6-11-16/h14-15H,3-13H2,1-2H3. The summed E-state index contributed by atoms with van der Waals surface area (Å²) in [5, 5.41) is 3.45. The van der Waals surface area contributed by atoms with Gasteiger partial charge < -0.3 is 15.0 Å². The Morgan fingerprint density at radius 2 is 1.94 bits per heavy atom. The average molecular weight is 242 g/mol. The van der Waals surface area contributed by atoms with Crippen molar-refractivity contribution >= 4 is 0 Å². The van der Waals surface area contributed by atoms with Crippen LogP contribution < -0.4 is 5.32 Å². The van der Waals surface area contributed by atoms with Gasteiger partial charge in [0.05, 0.1) is 12.7 Å². The van der Waals surface area contributed by atoms with Crippen molar-refractivity contribution in [2.24, 2.45) is 0 Å². The third kappa shape index (κ3) is 7.74. The summed E-state index contributed by atoms with van der Waals surface area (Å²) in [6, 6.07) is 0. The van der Waals surface area contributed by atoms with Gasteiger partial charge in [-0.15, -0.1) is 0 Å². The lowest BCUT2D eigenvalue weighted by Crippen LogP contribution is -2.32. The Morgan fingerprint density at radius 3 is 2.65 bits per heavy atom. The van der Waals surface area contributed by atoms with Gasteiger partial charge in [0.1, 0.15) is 0 Å². The van der Waals surface area contributed by atoms with E-state index < -0.39 is 0 Å². The maximum atomic E-state index is 5.61. The van der Waals surface area contributed by atoms with Crippen LogP contribution in [0.25, 0.3) is 0 Å². The second-order valence-corrected chi connectivity index (χ2v) is 5.10. The molecule has 1 aliphatic heterocycles. The van der Waals surface area contributed by atoms with Crippen LogP contribution in [0.2, 0.25) is 0 Å². The molecule has 102 valence electrons. The number of rotatable bonds is 9. The molecule has 0 spiro atoms. The van der Waals surface area contributed by atoms with Crippen molar-refractivity contribution in [2.45, 2.75) is 52.1 Å². The van der Waals surface area contributed by atoms with Crippen LogP contribution in [-0.4, -0.2) is 50.3 Å². The fraction of sp³-hybridized carbons (Fsp3) is 1.00. The molecule has 1 atom stereocenters. The molecule has 0 aromatic carbocycles. The summed E-state index contributed by atoms with van der Waals surface area (Å²) < 4.78 is 5.61. The third-order valence-electron chi connectivity index (χ3n) is 3.53. The van der Waals surface area contributed by atoms with Crippen LogP contribution in [0.5, 0.6) is 0 Å². The first-order valence-corrected chi connectivity index (χ1v) is 7.37. The SMILES string of the molecule is CCC(C)OCCNCCCN1CCCCC1. The van der Waals surface area contributed by atoms with E-state index in [0.717, 1.165) is 26.1 Å². The number of nitrogens with one attached hydrogen (secondary N) is 1. The van der Waals surface area contributed by atoms with Crippen LogP contribution in [0.3, 0.4) is 0 Å². The van der Waals surface area contributed by atoms with Crippen molar-refractivity contribution in [1.82, 2.24) is 10.2 Å². The van der Waals surface area contributed by atoms with Gasteiger partial charge in [0.25, 0.3) is 0 Å². The molecule has 3 nitrogen and oxygen atoms in total. The van der Waals surface area contributed by atoms with E-state index in [1.807, 2.05) is 0 Å². The van der Waals surface area contributed by atoms with Crippen molar-refractivity contribution < 1.29 is 4.74 Å². The summed E-state index contributed by atoms with van der Waals surface area (Å²) in [5.41, 5.74) is 0. The first-order chi connectivity index (χ1) is 8.33. The largest absolute Gasteiger partial charge is 0.377 e. The van der Waals surface area contributed by atoms with Crippen molar-refractivity contribution in [2.75, 3.05) is 39.3 Å². The molecule has 3 heteroatoms. The molecule has 1 heterocycles. The summed E-state index contributed by atoms with van der Waals surface area (Å²) in [5.74, 6) is 0. The Balaban J connectivity index is 1.80. The molecule has 1 rings (SSSR count). The monoisotopic (exact) mass is 242 g/mol. The van der Waals surface area contributed by atoms with Gasteiger partial charge in [0, 0.05) is 6.54 Å². The molecule has 0 saturated carbocycles. The molecule has 0 amide bonds. The average Bonchev–Trinajstić information content (AvgIpc) is 2.38. The van der Waals surface area contributed by atoms with Crippen molar-refractivity contribution in [3.05, 3.63) is 0 Å². The number of nitrogens with zero attached hydrogens (tertiary/aromatic N) is 1. The zero-order chi connectivity index (χ0) is 12.3. The molecule has 0 aromatic rings. The zero-order valence-corrected chi connectivity index (χ0v) is 11.7. The molecule has 1 fully saturated rings. The van der Waals surface area contributed by atoms with Gasteiger partial charge in [0.15, 0.2) is 0 Å². The quantitative estimate of drug-likeness (QED) is 0.628. The predicted octanol–water partition coefficient (Wildman–Crippen LogP) is 2.27. The Labute approximate surface area is 107 Å². The molecule has 0 aromatic heterocycles. The maximum absolute atomic E-state index is 5.61. The maximum Gasteiger partial charge on any atom is 0.0594 e. The Morgan fingerprint density at radius 1 is 1.18 bits per heavy atom. The van der Waals surface area contributed by atoms with Crippen LogP contribution in [0.15, 0.2) is 0 Å². The molecule has 1 aliphatic rings. The highest BCUT2D eigenvalue weighted by atomic mass is 16.5. The summed E-state index contributed by atoms with van der Waals surface area (Å²) in [6.07, 6.45) is 7.01. The fourth-order valence-electron chi connectivity index (χ4n) is 2.19. The molecule has 0 aliphatic carbocycles. The predicted molar refractivity (Wildman–Crippen MR) is 73.5 cm³/mol. The van der Waals surface area contributed by atoms with Crippen molar-refractivity contribution in [3.8, 4) is 0 Å². The normalized spacial score (nSPS) is 19.4. The topological polar surface area (TPSA) is 24.5 Å². The molecule has 1 unspecified atom stereocenters. The van der Waals surface area contributed by atoms with Crippen LogP contribution in [0, 0.1) is 0 Å². The van der Waals surface area contributed by atoms with Crippen molar-refractivity contribution in [3.63, 3.8) is 0 Å². The number of piperidine rings is 1. The Hall–Kier alpha value is -0.120. The molecule has 0 bridgehead atoms.